The van der Waals surface area contributed by atoms with Crippen molar-refractivity contribution >= 4 is 32.6 Å². The number of hydrogen-bond acceptors (Lipinski definition) is 0. The quantitative estimate of drug-likeness (QED) is 0.164. The highest BCUT2D eigenvalue weighted by atomic mass is 15.0. The third-order valence-corrected chi connectivity index (χ3v) is 13.7. The van der Waals surface area contributed by atoms with E-state index in [9.17, 15) is 0 Å². The summed E-state index contributed by atoms with van der Waals surface area (Å²) in [6, 6.07) is 86.2. The minimum Gasteiger partial charge on any atom is -0.309 e. The van der Waals surface area contributed by atoms with Gasteiger partial charge < -0.3 is 4.57 Å². The lowest BCUT2D eigenvalue weighted by Crippen LogP contribution is -2.28. The van der Waals surface area contributed by atoms with Crippen molar-refractivity contribution in [3.05, 3.63) is 269 Å². The highest BCUT2D eigenvalue weighted by molar-refractivity contribution is 6.10. The molecule has 2 aliphatic rings. The molecule has 1 atom stereocenters. The summed E-state index contributed by atoms with van der Waals surface area (Å²) in [5.41, 5.74) is 20.2. The molecule has 0 amide bonds. The second kappa shape index (κ2) is 13.1. The van der Waals surface area contributed by atoms with Gasteiger partial charge in [-0.15, -0.1) is 0 Å². The summed E-state index contributed by atoms with van der Waals surface area (Å²) in [5, 5.41) is 5.10. The second-order valence-corrected chi connectivity index (χ2v) is 16.7. The van der Waals surface area contributed by atoms with E-state index in [0.717, 1.165) is 0 Å². The van der Waals surface area contributed by atoms with E-state index >= 15 is 0 Å². The average Bonchev–Trinajstić information content (AvgIpc) is 3.94. The van der Waals surface area contributed by atoms with E-state index in [4.69, 9.17) is 0 Å². The van der Waals surface area contributed by atoms with E-state index in [-0.39, 0.29) is 5.92 Å². The van der Waals surface area contributed by atoms with Gasteiger partial charge in [0.15, 0.2) is 0 Å². The summed E-state index contributed by atoms with van der Waals surface area (Å²) < 4.78 is 2.40. The van der Waals surface area contributed by atoms with Crippen molar-refractivity contribution in [2.75, 3.05) is 0 Å². The number of rotatable bonds is 5. The molecular weight excluding hydrogens is 735 g/mol. The molecule has 1 heteroatoms. The highest BCUT2D eigenvalue weighted by Crippen LogP contribution is 2.60. The molecule has 0 N–H and O–H groups in total. The molecule has 284 valence electrons. The Bertz CT molecular complexity index is 3480. The number of hydrogen-bond donors (Lipinski definition) is 0. The fourth-order valence-electron chi connectivity index (χ4n) is 11.2. The predicted molar refractivity (Wildman–Crippen MR) is 254 cm³/mol. The summed E-state index contributed by atoms with van der Waals surface area (Å²) in [6.07, 6.45) is 0. The second-order valence-electron chi connectivity index (χ2n) is 16.7. The van der Waals surface area contributed by atoms with Crippen molar-refractivity contribution in [3.63, 3.8) is 0 Å². The number of benzene rings is 10. The van der Waals surface area contributed by atoms with Crippen LogP contribution in [0.3, 0.4) is 0 Å². The smallest absolute Gasteiger partial charge is 0.0713 e. The molecule has 0 spiro atoms. The first kappa shape index (κ1) is 34.2. The first-order chi connectivity index (χ1) is 30.3. The minimum atomic E-state index is -0.475. The van der Waals surface area contributed by atoms with Gasteiger partial charge in [0.05, 0.1) is 16.4 Å². The molecule has 0 saturated heterocycles. The minimum absolute atomic E-state index is 0.0809. The van der Waals surface area contributed by atoms with Gasteiger partial charge in [0.25, 0.3) is 0 Å². The van der Waals surface area contributed by atoms with Crippen LogP contribution in [0.2, 0.25) is 0 Å². The third-order valence-electron chi connectivity index (χ3n) is 13.7. The maximum absolute atomic E-state index is 2.58. The lowest BCUT2D eigenvalue weighted by molar-refractivity contribution is 0.768. The van der Waals surface area contributed by atoms with E-state index in [1.54, 1.807) is 0 Å². The molecule has 2 aliphatic carbocycles. The highest BCUT2D eigenvalue weighted by Gasteiger charge is 2.47. The fraction of sp³-hybridized carbons (Fsp3) is 0.0333. The summed E-state index contributed by atoms with van der Waals surface area (Å²) in [7, 11) is 0. The molecule has 0 bridgehead atoms. The normalized spacial score (nSPS) is 14.5. The van der Waals surface area contributed by atoms with E-state index in [1.165, 1.54) is 111 Å². The van der Waals surface area contributed by atoms with Crippen molar-refractivity contribution in [2.45, 2.75) is 11.3 Å². The maximum atomic E-state index is 2.58. The molecule has 11 aromatic rings. The molecule has 10 aromatic carbocycles. The number of fused-ring (bicyclic) bond motifs is 10. The van der Waals surface area contributed by atoms with E-state index in [1.807, 2.05) is 0 Å². The SMILES string of the molecule is c1ccc(-n2c3ccccc3c3cc(-c4ccc5c(c4)-c4cc6c(cc4C5c4cccc5ccccc45)-c4ccccc4C6(c4ccccc4)c4ccccc4)ccc32)cc1. The number of aromatic nitrogens is 1. The summed E-state index contributed by atoms with van der Waals surface area (Å²) >= 11 is 0. The Kier molecular flexibility index (Phi) is 7.35. The van der Waals surface area contributed by atoms with Crippen LogP contribution in [-0.2, 0) is 5.41 Å². The Hall–Kier alpha value is -7.74. The molecule has 0 fully saturated rings. The van der Waals surface area contributed by atoms with Crippen molar-refractivity contribution in [2.24, 2.45) is 0 Å². The predicted octanol–water partition coefficient (Wildman–Crippen LogP) is 15.1. The Morgan fingerprint density at radius 3 is 1.74 bits per heavy atom. The van der Waals surface area contributed by atoms with Crippen molar-refractivity contribution < 1.29 is 0 Å². The number of nitrogens with zero attached hydrogens (tertiary/aromatic N) is 1. The van der Waals surface area contributed by atoms with Crippen LogP contribution < -0.4 is 0 Å². The summed E-state index contributed by atoms with van der Waals surface area (Å²) in [6.45, 7) is 0. The van der Waals surface area contributed by atoms with Gasteiger partial charge in [-0.1, -0.05) is 182 Å². The Balaban J connectivity index is 1.08. The first-order valence-corrected chi connectivity index (χ1v) is 21.4. The fourth-order valence-corrected chi connectivity index (χ4v) is 11.2. The van der Waals surface area contributed by atoms with Crippen LogP contribution >= 0.6 is 0 Å². The van der Waals surface area contributed by atoms with Crippen LogP contribution in [0.4, 0.5) is 0 Å². The monoisotopic (exact) mass is 773 g/mol. The maximum Gasteiger partial charge on any atom is 0.0713 e. The molecule has 1 unspecified atom stereocenters. The van der Waals surface area contributed by atoms with Gasteiger partial charge in [-0.3, -0.25) is 0 Å². The Morgan fingerprint density at radius 1 is 0.328 bits per heavy atom. The van der Waals surface area contributed by atoms with Gasteiger partial charge in [-0.2, -0.15) is 0 Å². The number of para-hydroxylation sites is 2. The van der Waals surface area contributed by atoms with Crippen molar-refractivity contribution in [1.82, 2.24) is 4.57 Å². The van der Waals surface area contributed by atoms with Gasteiger partial charge in [-0.05, 0) is 132 Å². The Morgan fingerprint density at radius 2 is 0.934 bits per heavy atom. The molecule has 61 heavy (non-hydrogen) atoms. The van der Waals surface area contributed by atoms with Gasteiger partial charge in [0.2, 0.25) is 0 Å². The molecule has 0 saturated carbocycles. The van der Waals surface area contributed by atoms with Crippen molar-refractivity contribution in [3.8, 4) is 39.1 Å². The summed E-state index contributed by atoms with van der Waals surface area (Å²) in [4.78, 5) is 0. The summed E-state index contributed by atoms with van der Waals surface area (Å²) in [5.74, 6) is 0.0809. The first-order valence-electron chi connectivity index (χ1n) is 21.4. The molecule has 1 heterocycles. The van der Waals surface area contributed by atoms with Crippen LogP contribution in [0.25, 0.3) is 71.6 Å². The van der Waals surface area contributed by atoms with Gasteiger partial charge in [0.1, 0.15) is 0 Å². The third kappa shape index (κ3) is 4.83. The molecular formula is C60H39N. The van der Waals surface area contributed by atoms with Gasteiger partial charge in [-0.25, -0.2) is 0 Å². The van der Waals surface area contributed by atoms with Crippen LogP contribution in [0.1, 0.15) is 44.9 Å². The largest absolute Gasteiger partial charge is 0.309 e. The molecule has 0 aliphatic heterocycles. The van der Waals surface area contributed by atoms with Crippen LogP contribution in [0.5, 0.6) is 0 Å². The van der Waals surface area contributed by atoms with Gasteiger partial charge >= 0.3 is 0 Å². The average molecular weight is 774 g/mol. The molecule has 0 radical (unpaired) electrons. The van der Waals surface area contributed by atoms with Crippen LogP contribution in [0, 0.1) is 0 Å². The van der Waals surface area contributed by atoms with Crippen molar-refractivity contribution in [1.29, 1.82) is 0 Å². The van der Waals surface area contributed by atoms with E-state index < -0.39 is 5.41 Å². The van der Waals surface area contributed by atoms with E-state index in [2.05, 4.69) is 235 Å². The Labute approximate surface area is 355 Å². The standard InChI is InChI=1S/C60H39N/c1-4-19-42(20-5-1)60(43-21-6-2-7-22-43)55-29-14-12-26-46(55)52-37-54-51(38-56(52)60)50-35-40(31-33-49(50)59(54)48-28-16-18-39-17-10-11-25-45(39)48)41-32-34-58-53(36-41)47-27-13-15-30-57(47)61(58)44-23-8-3-9-24-44/h1-38,59H. The van der Waals surface area contributed by atoms with Gasteiger partial charge in [0, 0.05) is 22.4 Å². The molecule has 13 rings (SSSR count). The topological polar surface area (TPSA) is 4.93 Å². The zero-order chi connectivity index (χ0) is 40.1. The molecule has 1 nitrogen and oxygen atoms in total. The lowest BCUT2D eigenvalue weighted by atomic mass is 9.67. The van der Waals surface area contributed by atoms with E-state index in [0.29, 0.717) is 0 Å². The zero-order valence-corrected chi connectivity index (χ0v) is 33.5. The van der Waals surface area contributed by atoms with Crippen LogP contribution in [0.15, 0.2) is 231 Å². The lowest BCUT2D eigenvalue weighted by Gasteiger charge is -2.34. The van der Waals surface area contributed by atoms with Crippen LogP contribution in [-0.4, -0.2) is 4.57 Å². The molecule has 1 aromatic heterocycles. The zero-order valence-electron chi connectivity index (χ0n) is 33.5.